The van der Waals surface area contributed by atoms with Crippen LogP contribution in [0.25, 0.3) is 0 Å². The molecule has 0 bridgehead atoms. The molecule has 3 aromatic rings. The van der Waals surface area contributed by atoms with E-state index in [1.165, 1.54) is 16.7 Å². The van der Waals surface area contributed by atoms with Crippen molar-refractivity contribution < 1.29 is 0 Å². The minimum Gasteiger partial charge on any atom is -0.349 e. The van der Waals surface area contributed by atoms with Crippen molar-refractivity contribution in [3.05, 3.63) is 108 Å². The van der Waals surface area contributed by atoms with Crippen molar-refractivity contribution in [2.24, 2.45) is 0 Å². The first-order chi connectivity index (χ1) is 12.3. The van der Waals surface area contributed by atoms with E-state index < -0.39 is 0 Å². The molecule has 0 atom stereocenters. The molecule has 0 saturated carbocycles. The van der Waals surface area contributed by atoms with Gasteiger partial charge in [-0.25, -0.2) is 0 Å². The fourth-order valence-corrected chi connectivity index (χ4v) is 3.70. The number of thioether (sulfide) groups is 1. The van der Waals surface area contributed by atoms with Crippen molar-refractivity contribution in [2.45, 2.75) is 18.8 Å². The molecule has 0 aliphatic heterocycles. The van der Waals surface area contributed by atoms with E-state index >= 15 is 0 Å². The van der Waals surface area contributed by atoms with E-state index in [9.17, 15) is 0 Å². The molecule has 126 valence electrons. The Hall–Kier alpha value is -2.10. The molecule has 0 saturated heterocycles. The first kappa shape index (κ1) is 17.7. The molecule has 1 nitrogen and oxygen atoms in total. The minimum absolute atomic E-state index is 0.830. The van der Waals surface area contributed by atoms with Crippen molar-refractivity contribution in [2.75, 3.05) is 0 Å². The van der Waals surface area contributed by atoms with Gasteiger partial charge in [0.15, 0.2) is 0 Å². The van der Waals surface area contributed by atoms with Gasteiger partial charge in [-0.05, 0) is 16.7 Å². The minimum atomic E-state index is 0.830. The van der Waals surface area contributed by atoms with Gasteiger partial charge in [-0.1, -0.05) is 115 Å². The SMILES string of the molecule is S=C(SCc1ccccc1)N(Cc1ccccc1)Cc1ccccc1. The topological polar surface area (TPSA) is 3.24 Å². The lowest BCUT2D eigenvalue weighted by atomic mass is 10.2. The summed E-state index contributed by atoms with van der Waals surface area (Å²) < 4.78 is 0.941. The molecule has 0 aliphatic carbocycles. The third-order valence-electron chi connectivity index (χ3n) is 3.90. The van der Waals surface area contributed by atoms with Crippen LogP contribution in [0.5, 0.6) is 0 Å². The van der Waals surface area contributed by atoms with Crippen molar-refractivity contribution >= 4 is 28.3 Å². The van der Waals surface area contributed by atoms with E-state index in [2.05, 4.69) is 77.7 Å². The number of benzene rings is 3. The molecular weight excluding hydrogens is 342 g/mol. The van der Waals surface area contributed by atoms with Gasteiger partial charge in [-0.2, -0.15) is 0 Å². The molecule has 3 aromatic carbocycles. The summed E-state index contributed by atoms with van der Waals surface area (Å²) in [5.41, 5.74) is 3.86. The summed E-state index contributed by atoms with van der Waals surface area (Å²) in [5.74, 6) is 0.903. The van der Waals surface area contributed by atoms with Crippen molar-refractivity contribution in [3.63, 3.8) is 0 Å². The maximum Gasteiger partial charge on any atom is 0.137 e. The molecule has 3 heteroatoms. The second-order valence-electron chi connectivity index (χ2n) is 5.87. The lowest BCUT2D eigenvalue weighted by molar-refractivity contribution is 0.421. The average Bonchev–Trinajstić information content (AvgIpc) is 2.68. The molecule has 0 radical (unpaired) electrons. The molecule has 3 rings (SSSR count). The highest BCUT2D eigenvalue weighted by Gasteiger charge is 2.12. The Kier molecular flexibility index (Phi) is 6.66. The van der Waals surface area contributed by atoms with Gasteiger partial charge in [0, 0.05) is 18.8 Å². The summed E-state index contributed by atoms with van der Waals surface area (Å²) in [6.07, 6.45) is 0. The molecule has 0 fully saturated rings. The number of nitrogens with zero attached hydrogens (tertiary/aromatic N) is 1. The predicted molar refractivity (Wildman–Crippen MR) is 112 cm³/mol. The summed E-state index contributed by atoms with van der Waals surface area (Å²) in [5, 5.41) is 0. The summed E-state index contributed by atoms with van der Waals surface area (Å²) in [4.78, 5) is 2.29. The molecule has 0 aliphatic rings. The Labute approximate surface area is 159 Å². The first-order valence-corrected chi connectivity index (χ1v) is 9.74. The molecule has 0 aromatic heterocycles. The summed E-state index contributed by atoms with van der Waals surface area (Å²) >= 11 is 7.50. The van der Waals surface area contributed by atoms with Crippen molar-refractivity contribution in [1.82, 2.24) is 4.90 Å². The fourth-order valence-electron chi connectivity index (χ4n) is 2.60. The zero-order valence-electron chi connectivity index (χ0n) is 14.0. The van der Waals surface area contributed by atoms with E-state index in [1.54, 1.807) is 11.8 Å². The second kappa shape index (κ2) is 9.40. The lowest BCUT2D eigenvalue weighted by Crippen LogP contribution is -2.26. The van der Waals surface area contributed by atoms with Crippen LogP contribution in [-0.4, -0.2) is 9.22 Å². The first-order valence-electron chi connectivity index (χ1n) is 8.35. The van der Waals surface area contributed by atoms with E-state index in [0.29, 0.717) is 0 Å². The zero-order chi connectivity index (χ0) is 17.3. The predicted octanol–water partition coefficient (Wildman–Crippen LogP) is 5.91. The second-order valence-corrected chi connectivity index (χ2v) is 7.48. The van der Waals surface area contributed by atoms with E-state index in [4.69, 9.17) is 12.2 Å². The van der Waals surface area contributed by atoms with Gasteiger partial charge in [-0.3, -0.25) is 0 Å². The van der Waals surface area contributed by atoms with Crippen LogP contribution in [0.1, 0.15) is 16.7 Å². The Balaban J connectivity index is 1.69. The Bertz CT molecular complexity index is 731. The molecular formula is C22H21NS2. The zero-order valence-corrected chi connectivity index (χ0v) is 15.7. The van der Waals surface area contributed by atoms with Gasteiger partial charge in [0.2, 0.25) is 0 Å². The van der Waals surface area contributed by atoms with Gasteiger partial charge in [0.05, 0.1) is 0 Å². The maximum absolute atomic E-state index is 5.76. The standard InChI is InChI=1S/C22H21NS2/c24-22(25-18-21-14-8-3-9-15-21)23(16-19-10-4-1-5-11-19)17-20-12-6-2-7-13-20/h1-15H,16-18H2. The van der Waals surface area contributed by atoms with Crippen LogP contribution in [0.3, 0.4) is 0 Å². The maximum atomic E-state index is 5.76. The van der Waals surface area contributed by atoms with E-state index in [1.807, 2.05) is 18.2 Å². The van der Waals surface area contributed by atoms with Crippen molar-refractivity contribution in [1.29, 1.82) is 0 Å². The average molecular weight is 364 g/mol. The van der Waals surface area contributed by atoms with Crippen LogP contribution < -0.4 is 0 Å². The summed E-state index contributed by atoms with van der Waals surface area (Å²) in [7, 11) is 0. The highest BCUT2D eigenvalue weighted by Crippen LogP contribution is 2.20. The summed E-state index contributed by atoms with van der Waals surface area (Å²) in [6.45, 7) is 1.66. The van der Waals surface area contributed by atoms with Gasteiger partial charge in [0.25, 0.3) is 0 Å². The summed E-state index contributed by atoms with van der Waals surface area (Å²) in [6, 6.07) is 31.5. The normalized spacial score (nSPS) is 10.4. The number of thiocarbonyl (C=S) groups is 1. The molecule has 25 heavy (non-hydrogen) atoms. The number of hydrogen-bond donors (Lipinski definition) is 0. The van der Waals surface area contributed by atoms with Gasteiger partial charge >= 0.3 is 0 Å². The van der Waals surface area contributed by atoms with Gasteiger partial charge in [0.1, 0.15) is 4.32 Å². The van der Waals surface area contributed by atoms with Gasteiger partial charge in [-0.15, -0.1) is 0 Å². The molecule has 0 heterocycles. The Morgan fingerprint density at radius 1 is 0.640 bits per heavy atom. The van der Waals surface area contributed by atoms with Crippen LogP contribution in [0, 0.1) is 0 Å². The van der Waals surface area contributed by atoms with E-state index in [0.717, 1.165) is 23.2 Å². The fraction of sp³-hybridized carbons (Fsp3) is 0.136. The largest absolute Gasteiger partial charge is 0.349 e. The van der Waals surface area contributed by atoms with Crippen molar-refractivity contribution in [3.8, 4) is 0 Å². The molecule has 0 unspecified atom stereocenters. The Morgan fingerprint density at radius 2 is 1.04 bits per heavy atom. The molecule has 0 N–H and O–H groups in total. The quantitative estimate of drug-likeness (QED) is 0.501. The van der Waals surface area contributed by atoms with Gasteiger partial charge < -0.3 is 4.90 Å². The smallest absolute Gasteiger partial charge is 0.137 e. The monoisotopic (exact) mass is 363 g/mol. The van der Waals surface area contributed by atoms with Crippen LogP contribution in [0.4, 0.5) is 0 Å². The third-order valence-corrected chi connectivity index (χ3v) is 5.49. The highest BCUT2D eigenvalue weighted by molar-refractivity contribution is 8.22. The number of rotatable bonds is 6. The van der Waals surface area contributed by atoms with Crippen LogP contribution >= 0.6 is 24.0 Å². The molecule has 0 spiro atoms. The number of hydrogen-bond acceptors (Lipinski definition) is 2. The van der Waals surface area contributed by atoms with Crippen LogP contribution in [-0.2, 0) is 18.8 Å². The third kappa shape index (κ3) is 5.73. The Morgan fingerprint density at radius 3 is 1.48 bits per heavy atom. The molecule has 0 amide bonds. The van der Waals surface area contributed by atoms with Crippen LogP contribution in [0.2, 0.25) is 0 Å². The highest BCUT2D eigenvalue weighted by atomic mass is 32.2. The van der Waals surface area contributed by atoms with Crippen LogP contribution in [0.15, 0.2) is 91.0 Å². The van der Waals surface area contributed by atoms with E-state index in [-0.39, 0.29) is 0 Å². The lowest BCUT2D eigenvalue weighted by Gasteiger charge is -2.25.